The lowest BCUT2D eigenvalue weighted by atomic mass is 9.92. The smallest absolute Gasteiger partial charge is 0.231 e. The number of amides is 1. The number of carbonyl (C=O) groups excluding carboxylic acids is 1. The first-order valence-electron chi connectivity index (χ1n) is 7.09. The van der Waals surface area contributed by atoms with Gasteiger partial charge in [0, 0.05) is 17.6 Å². The molecule has 2 aromatic rings. The lowest BCUT2D eigenvalue weighted by Crippen LogP contribution is -2.47. The van der Waals surface area contributed by atoms with Crippen LogP contribution < -0.4 is 5.73 Å². The molecule has 1 aromatic heterocycles. The monoisotopic (exact) mass is 329 g/mol. The summed E-state index contributed by atoms with van der Waals surface area (Å²) < 4.78 is 0. The van der Waals surface area contributed by atoms with Crippen molar-refractivity contribution in [1.82, 2.24) is 14.9 Å². The number of rotatable bonds is 2. The lowest BCUT2D eigenvalue weighted by Gasteiger charge is -2.32. The summed E-state index contributed by atoms with van der Waals surface area (Å²) in [4.78, 5) is 26.7. The van der Waals surface area contributed by atoms with Crippen molar-refractivity contribution in [1.29, 1.82) is 0 Å². The normalized spacial score (nSPS) is 21.3. The summed E-state index contributed by atoms with van der Waals surface area (Å²) in [6.45, 7) is 1.83. The van der Waals surface area contributed by atoms with Crippen molar-refractivity contribution in [2.24, 2.45) is 10.7 Å². The third kappa shape index (κ3) is 2.90. The Kier molecular flexibility index (Phi) is 3.77. The van der Waals surface area contributed by atoms with Gasteiger partial charge < -0.3 is 5.73 Å². The van der Waals surface area contributed by atoms with Gasteiger partial charge in [-0.2, -0.15) is 0 Å². The SMILES string of the molecule is CN1C(=O)C[C@@](C)(c2cncc(-c3cccc(Cl)c3)n2)N=C1N. The highest BCUT2D eigenvalue weighted by molar-refractivity contribution is 6.30. The molecule has 3 rings (SSSR count). The molecule has 0 spiro atoms. The number of aliphatic imine (C=N–C) groups is 1. The Morgan fingerprint density at radius 1 is 1.35 bits per heavy atom. The first-order valence-corrected chi connectivity index (χ1v) is 7.47. The number of carbonyl (C=O) groups is 1. The fraction of sp³-hybridized carbons (Fsp3) is 0.250. The summed E-state index contributed by atoms with van der Waals surface area (Å²) in [7, 11) is 1.61. The summed E-state index contributed by atoms with van der Waals surface area (Å²) in [6, 6.07) is 7.36. The van der Waals surface area contributed by atoms with Crippen LogP contribution in [0, 0.1) is 0 Å². The molecule has 23 heavy (non-hydrogen) atoms. The number of hydrogen-bond donors (Lipinski definition) is 1. The molecule has 2 N–H and O–H groups in total. The summed E-state index contributed by atoms with van der Waals surface area (Å²) in [5, 5.41) is 0.623. The molecule has 0 bridgehead atoms. The van der Waals surface area contributed by atoms with Crippen LogP contribution in [0.5, 0.6) is 0 Å². The van der Waals surface area contributed by atoms with E-state index in [0.29, 0.717) is 16.4 Å². The Hall–Kier alpha value is -2.47. The number of benzene rings is 1. The lowest BCUT2D eigenvalue weighted by molar-refractivity contribution is -0.128. The summed E-state index contributed by atoms with van der Waals surface area (Å²) in [5.74, 6) is 0.0775. The van der Waals surface area contributed by atoms with E-state index in [9.17, 15) is 4.79 Å². The number of nitrogens with zero attached hydrogens (tertiary/aromatic N) is 4. The average molecular weight is 330 g/mol. The van der Waals surface area contributed by atoms with Crippen LogP contribution in [0.4, 0.5) is 0 Å². The Bertz CT molecular complexity index is 807. The van der Waals surface area contributed by atoms with E-state index < -0.39 is 5.54 Å². The Morgan fingerprint density at radius 3 is 2.83 bits per heavy atom. The Balaban J connectivity index is 2.05. The Morgan fingerprint density at radius 2 is 2.13 bits per heavy atom. The number of aromatic nitrogens is 2. The van der Waals surface area contributed by atoms with Crippen LogP contribution in [0.15, 0.2) is 41.7 Å². The number of nitrogens with two attached hydrogens (primary N) is 1. The summed E-state index contributed by atoms with van der Waals surface area (Å²) in [6.07, 6.45) is 3.46. The van der Waals surface area contributed by atoms with E-state index in [2.05, 4.69) is 15.0 Å². The third-order valence-electron chi connectivity index (χ3n) is 3.88. The molecule has 1 aliphatic heterocycles. The van der Waals surface area contributed by atoms with Crippen molar-refractivity contribution < 1.29 is 4.79 Å². The third-order valence-corrected chi connectivity index (χ3v) is 4.12. The van der Waals surface area contributed by atoms with E-state index in [0.717, 1.165) is 5.56 Å². The first-order chi connectivity index (χ1) is 10.9. The van der Waals surface area contributed by atoms with E-state index in [1.165, 1.54) is 4.90 Å². The van der Waals surface area contributed by atoms with Gasteiger partial charge in [-0.05, 0) is 19.1 Å². The minimum Gasteiger partial charge on any atom is -0.369 e. The second kappa shape index (κ2) is 5.62. The van der Waals surface area contributed by atoms with Crippen LogP contribution in [0.2, 0.25) is 5.02 Å². The maximum atomic E-state index is 12.1. The largest absolute Gasteiger partial charge is 0.369 e. The summed E-state index contributed by atoms with van der Waals surface area (Å²) >= 11 is 6.03. The minimum absolute atomic E-state index is 0.102. The van der Waals surface area contributed by atoms with Gasteiger partial charge in [0.05, 0.1) is 30.2 Å². The van der Waals surface area contributed by atoms with Gasteiger partial charge in [-0.1, -0.05) is 23.7 Å². The zero-order chi connectivity index (χ0) is 16.6. The van der Waals surface area contributed by atoms with Gasteiger partial charge in [0.2, 0.25) is 5.91 Å². The fourth-order valence-corrected chi connectivity index (χ4v) is 2.66. The molecule has 0 radical (unpaired) electrons. The van der Waals surface area contributed by atoms with Gasteiger partial charge in [0.1, 0.15) is 5.54 Å². The predicted octanol–water partition coefficient (Wildman–Crippen LogP) is 2.19. The molecule has 2 heterocycles. The number of hydrogen-bond acceptors (Lipinski definition) is 5. The number of halogens is 1. The maximum Gasteiger partial charge on any atom is 0.231 e. The second-order valence-electron chi connectivity index (χ2n) is 5.67. The molecular weight excluding hydrogens is 314 g/mol. The van der Waals surface area contributed by atoms with Crippen LogP contribution in [0.25, 0.3) is 11.3 Å². The molecule has 0 unspecified atom stereocenters. The molecule has 0 saturated heterocycles. The molecular formula is C16H16ClN5O. The molecule has 0 saturated carbocycles. The Labute approximate surface area is 139 Å². The quantitative estimate of drug-likeness (QED) is 0.915. The van der Waals surface area contributed by atoms with E-state index in [4.69, 9.17) is 17.3 Å². The van der Waals surface area contributed by atoms with E-state index in [1.807, 2.05) is 25.1 Å². The highest BCUT2D eigenvalue weighted by atomic mass is 35.5. The molecule has 0 aliphatic carbocycles. The molecule has 6 nitrogen and oxygen atoms in total. The van der Waals surface area contributed by atoms with Crippen LogP contribution >= 0.6 is 11.6 Å². The van der Waals surface area contributed by atoms with Crippen molar-refractivity contribution in [3.8, 4) is 11.3 Å². The van der Waals surface area contributed by atoms with Gasteiger partial charge in [0.25, 0.3) is 0 Å². The molecule has 1 amide bonds. The van der Waals surface area contributed by atoms with Gasteiger partial charge in [0.15, 0.2) is 5.96 Å². The fourth-order valence-electron chi connectivity index (χ4n) is 2.47. The van der Waals surface area contributed by atoms with Crippen molar-refractivity contribution >= 4 is 23.5 Å². The minimum atomic E-state index is -0.824. The maximum absolute atomic E-state index is 12.1. The molecule has 0 fully saturated rings. The van der Waals surface area contributed by atoms with Crippen molar-refractivity contribution in [2.75, 3.05) is 7.05 Å². The van der Waals surface area contributed by atoms with Gasteiger partial charge >= 0.3 is 0 Å². The number of guanidine groups is 1. The van der Waals surface area contributed by atoms with E-state index >= 15 is 0 Å². The van der Waals surface area contributed by atoms with E-state index in [1.54, 1.807) is 25.5 Å². The standard InChI is InChI=1S/C16H16ClN5O/c1-16(7-14(23)22(2)15(18)21-16)13-9-19-8-12(20-13)10-4-3-5-11(17)6-10/h3-6,8-9H,7H2,1-2H3,(H2,18,21)/t16-/m0/s1. The van der Waals surface area contributed by atoms with Crippen molar-refractivity contribution in [3.63, 3.8) is 0 Å². The van der Waals surface area contributed by atoms with E-state index in [-0.39, 0.29) is 18.3 Å². The molecule has 1 atom stereocenters. The van der Waals surface area contributed by atoms with Crippen LogP contribution in [0.1, 0.15) is 19.0 Å². The summed E-state index contributed by atoms with van der Waals surface area (Å²) in [5.41, 5.74) is 7.14. The molecule has 1 aromatic carbocycles. The van der Waals surface area contributed by atoms with Crippen LogP contribution in [0.3, 0.4) is 0 Å². The first kappa shape index (κ1) is 15.4. The highest BCUT2D eigenvalue weighted by Crippen LogP contribution is 2.32. The van der Waals surface area contributed by atoms with Gasteiger partial charge in [-0.3, -0.25) is 14.7 Å². The van der Waals surface area contributed by atoms with Crippen LogP contribution in [-0.4, -0.2) is 33.8 Å². The zero-order valence-corrected chi connectivity index (χ0v) is 13.6. The van der Waals surface area contributed by atoms with Crippen molar-refractivity contribution in [2.45, 2.75) is 18.9 Å². The predicted molar refractivity (Wildman–Crippen MR) is 88.8 cm³/mol. The van der Waals surface area contributed by atoms with Gasteiger partial charge in [-0.15, -0.1) is 0 Å². The molecule has 118 valence electrons. The molecule has 1 aliphatic rings. The van der Waals surface area contributed by atoms with Crippen molar-refractivity contribution in [3.05, 3.63) is 47.4 Å². The highest BCUT2D eigenvalue weighted by Gasteiger charge is 2.37. The second-order valence-corrected chi connectivity index (χ2v) is 6.11. The average Bonchev–Trinajstić information content (AvgIpc) is 2.53. The molecule has 7 heteroatoms. The van der Waals surface area contributed by atoms with Crippen LogP contribution in [-0.2, 0) is 10.3 Å². The van der Waals surface area contributed by atoms with Gasteiger partial charge in [-0.25, -0.2) is 9.98 Å². The zero-order valence-electron chi connectivity index (χ0n) is 12.8. The topological polar surface area (TPSA) is 84.5 Å².